The molecule has 2 saturated carbocycles. The van der Waals surface area contributed by atoms with Crippen LogP contribution in [0.3, 0.4) is 0 Å². The normalized spacial score (nSPS) is 32.2. The molecule has 0 heterocycles. The van der Waals surface area contributed by atoms with Crippen LogP contribution in [0.2, 0.25) is 0 Å². The lowest BCUT2D eigenvalue weighted by Gasteiger charge is -2.45. The van der Waals surface area contributed by atoms with Crippen molar-refractivity contribution in [1.29, 1.82) is 0 Å². The molecule has 2 rings (SSSR count). The third kappa shape index (κ3) is 5.70. The van der Waals surface area contributed by atoms with Crippen LogP contribution in [0, 0.1) is 28.6 Å². The van der Waals surface area contributed by atoms with Crippen LogP contribution in [0.1, 0.15) is 92.4 Å². The van der Waals surface area contributed by atoms with Crippen molar-refractivity contribution < 1.29 is 0 Å². The molecule has 2 aliphatic carbocycles. The summed E-state index contributed by atoms with van der Waals surface area (Å²) in [6.45, 7) is 14.5. The summed E-state index contributed by atoms with van der Waals surface area (Å²) >= 11 is 0. The Balaban J connectivity index is 1.88. The molecule has 0 bridgehead atoms. The Kier molecular flexibility index (Phi) is 7.42. The van der Waals surface area contributed by atoms with Crippen LogP contribution in [0.4, 0.5) is 0 Å². The minimum absolute atomic E-state index is 0.427. The van der Waals surface area contributed by atoms with Gasteiger partial charge in [0, 0.05) is 6.04 Å². The van der Waals surface area contributed by atoms with Gasteiger partial charge in [-0.2, -0.15) is 0 Å². The van der Waals surface area contributed by atoms with Crippen LogP contribution in [-0.2, 0) is 0 Å². The van der Waals surface area contributed by atoms with E-state index in [0.717, 1.165) is 30.3 Å². The second-order valence-corrected chi connectivity index (χ2v) is 11.0. The first-order valence-electron chi connectivity index (χ1n) is 11.1. The van der Waals surface area contributed by atoms with E-state index in [1.807, 2.05) is 0 Å². The number of nitrogens with two attached hydrogens (primary N) is 1. The van der Waals surface area contributed by atoms with Crippen molar-refractivity contribution in [2.45, 2.75) is 98.4 Å². The highest BCUT2D eigenvalue weighted by molar-refractivity contribution is 4.89. The van der Waals surface area contributed by atoms with E-state index < -0.39 is 0 Å². The highest BCUT2D eigenvalue weighted by Crippen LogP contribution is 2.44. The molecule has 0 amide bonds. The Bertz CT molecular complexity index is 395. The zero-order chi connectivity index (χ0) is 18.7. The van der Waals surface area contributed by atoms with Crippen molar-refractivity contribution in [2.75, 3.05) is 20.1 Å². The van der Waals surface area contributed by atoms with E-state index in [9.17, 15) is 0 Å². The maximum absolute atomic E-state index is 6.11. The summed E-state index contributed by atoms with van der Waals surface area (Å²) in [5, 5.41) is 0. The lowest BCUT2D eigenvalue weighted by Crippen LogP contribution is -2.42. The molecule has 2 nitrogen and oxygen atoms in total. The van der Waals surface area contributed by atoms with Crippen molar-refractivity contribution >= 4 is 0 Å². The average Bonchev–Trinajstić information content (AvgIpc) is 2.59. The first kappa shape index (κ1) is 21.2. The summed E-state index contributed by atoms with van der Waals surface area (Å²) in [5.41, 5.74) is 7.00. The molecule has 2 N–H and O–H groups in total. The Labute approximate surface area is 158 Å². The summed E-state index contributed by atoms with van der Waals surface area (Å²) in [6, 6.07) is 0.797. The lowest BCUT2D eigenvalue weighted by atomic mass is 9.64. The summed E-state index contributed by atoms with van der Waals surface area (Å²) in [7, 11) is 2.38. The molecule has 0 aromatic heterocycles. The van der Waals surface area contributed by atoms with E-state index >= 15 is 0 Å². The third-order valence-electron chi connectivity index (χ3n) is 7.82. The molecule has 0 aliphatic heterocycles. The number of rotatable bonds is 6. The van der Waals surface area contributed by atoms with Crippen LogP contribution in [0.5, 0.6) is 0 Å². The van der Waals surface area contributed by atoms with E-state index in [1.165, 1.54) is 64.3 Å². The van der Waals surface area contributed by atoms with Gasteiger partial charge in [0.1, 0.15) is 0 Å². The average molecular weight is 351 g/mol. The molecule has 2 fully saturated rings. The predicted octanol–water partition coefficient (Wildman–Crippen LogP) is 5.70. The zero-order valence-corrected chi connectivity index (χ0v) is 18.1. The van der Waals surface area contributed by atoms with Gasteiger partial charge in [-0.3, -0.25) is 0 Å². The largest absolute Gasteiger partial charge is 0.330 e. The number of hydrogen-bond donors (Lipinski definition) is 1. The van der Waals surface area contributed by atoms with Gasteiger partial charge >= 0.3 is 0 Å². The topological polar surface area (TPSA) is 29.3 Å². The van der Waals surface area contributed by atoms with Gasteiger partial charge in [-0.15, -0.1) is 0 Å². The van der Waals surface area contributed by atoms with Crippen molar-refractivity contribution in [2.24, 2.45) is 34.3 Å². The van der Waals surface area contributed by atoms with Gasteiger partial charge < -0.3 is 10.6 Å². The van der Waals surface area contributed by atoms with Crippen molar-refractivity contribution in [3.05, 3.63) is 0 Å². The molecule has 0 spiro atoms. The highest BCUT2D eigenvalue weighted by atomic mass is 15.1. The minimum Gasteiger partial charge on any atom is -0.330 e. The molecule has 2 aliphatic rings. The smallest absolute Gasteiger partial charge is 0.00950 e. The maximum atomic E-state index is 6.11. The molecular weight excluding hydrogens is 304 g/mol. The van der Waals surface area contributed by atoms with E-state index in [1.54, 1.807) is 0 Å². The second kappa shape index (κ2) is 8.74. The summed E-state index contributed by atoms with van der Waals surface area (Å²) in [6.07, 6.45) is 12.5. The summed E-state index contributed by atoms with van der Waals surface area (Å²) < 4.78 is 0. The molecule has 0 saturated heterocycles. The first-order valence-corrected chi connectivity index (χ1v) is 11.1. The number of nitrogens with zero attached hydrogens (tertiary/aromatic N) is 1. The standard InChI is InChI=1S/C23H46N2/c1-22(2,3)19-11-9-12-20(16-19)25(6)15-14-23(4,5)21-13-8-7-10-18(21)17-24/h18-21H,7-17,24H2,1-6H3. The van der Waals surface area contributed by atoms with Crippen LogP contribution >= 0.6 is 0 Å². The van der Waals surface area contributed by atoms with Crippen molar-refractivity contribution in [1.82, 2.24) is 4.90 Å². The van der Waals surface area contributed by atoms with E-state index in [-0.39, 0.29) is 0 Å². The molecule has 0 aromatic carbocycles. The Morgan fingerprint density at radius 1 is 0.920 bits per heavy atom. The van der Waals surface area contributed by atoms with Crippen LogP contribution in [0.25, 0.3) is 0 Å². The fourth-order valence-electron chi connectivity index (χ4n) is 5.70. The summed E-state index contributed by atoms with van der Waals surface area (Å²) in [4.78, 5) is 2.69. The van der Waals surface area contributed by atoms with Crippen molar-refractivity contribution in [3.63, 3.8) is 0 Å². The van der Waals surface area contributed by atoms with Gasteiger partial charge in [0.15, 0.2) is 0 Å². The van der Waals surface area contributed by atoms with Gasteiger partial charge in [-0.25, -0.2) is 0 Å². The van der Waals surface area contributed by atoms with Crippen LogP contribution < -0.4 is 5.73 Å². The molecule has 148 valence electrons. The van der Waals surface area contributed by atoms with E-state index in [4.69, 9.17) is 5.73 Å². The van der Waals surface area contributed by atoms with Crippen molar-refractivity contribution in [3.8, 4) is 0 Å². The highest BCUT2D eigenvalue weighted by Gasteiger charge is 2.37. The first-order chi connectivity index (χ1) is 11.6. The molecular formula is C23H46N2. The second-order valence-electron chi connectivity index (χ2n) is 11.0. The monoisotopic (exact) mass is 350 g/mol. The maximum Gasteiger partial charge on any atom is 0.00950 e. The fourth-order valence-corrected chi connectivity index (χ4v) is 5.70. The molecule has 2 heteroatoms. The summed E-state index contributed by atoms with van der Waals surface area (Å²) in [5.74, 6) is 2.48. The Morgan fingerprint density at radius 2 is 1.60 bits per heavy atom. The quantitative estimate of drug-likeness (QED) is 0.665. The predicted molar refractivity (Wildman–Crippen MR) is 111 cm³/mol. The van der Waals surface area contributed by atoms with E-state index in [0.29, 0.717) is 10.8 Å². The molecule has 4 atom stereocenters. The SMILES string of the molecule is CN(CCC(C)(C)C1CCCCC1CN)C1CCCC(C(C)(C)C)C1. The van der Waals surface area contributed by atoms with Gasteiger partial charge in [-0.1, -0.05) is 53.9 Å². The van der Waals surface area contributed by atoms with E-state index in [2.05, 4.69) is 46.6 Å². The van der Waals surface area contributed by atoms with Gasteiger partial charge in [-0.05, 0) is 87.2 Å². The molecule has 0 aromatic rings. The third-order valence-corrected chi connectivity index (χ3v) is 7.82. The van der Waals surface area contributed by atoms with Gasteiger partial charge in [0.05, 0.1) is 0 Å². The minimum atomic E-state index is 0.427. The van der Waals surface area contributed by atoms with Gasteiger partial charge in [0.25, 0.3) is 0 Å². The zero-order valence-electron chi connectivity index (χ0n) is 18.1. The molecule has 25 heavy (non-hydrogen) atoms. The van der Waals surface area contributed by atoms with Gasteiger partial charge in [0.2, 0.25) is 0 Å². The lowest BCUT2D eigenvalue weighted by molar-refractivity contribution is 0.0573. The molecule has 0 radical (unpaired) electrons. The Morgan fingerprint density at radius 3 is 2.24 bits per heavy atom. The fraction of sp³-hybridized carbons (Fsp3) is 1.00. The Hall–Kier alpha value is -0.0800. The molecule has 4 unspecified atom stereocenters. The number of hydrogen-bond acceptors (Lipinski definition) is 2. The van der Waals surface area contributed by atoms with Crippen LogP contribution in [-0.4, -0.2) is 31.1 Å². The van der Waals surface area contributed by atoms with Crippen LogP contribution in [0.15, 0.2) is 0 Å².